The van der Waals surface area contributed by atoms with Gasteiger partial charge < -0.3 is 5.32 Å². The molecule has 4 aromatic rings. The number of nitrogens with zero attached hydrogens (tertiary/aromatic N) is 2. The van der Waals surface area contributed by atoms with Gasteiger partial charge in [-0.15, -0.1) is 11.3 Å². The van der Waals surface area contributed by atoms with Crippen molar-refractivity contribution in [3.63, 3.8) is 0 Å². The topological polar surface area (TPSA) is 54.9 Å². The van der Waals surface area contributed by atoms with Crippen LogP contribution in [0.5, 0.6) is 0 Å². The molecule has 1 unspecified atom stereocenters. The van der Waals surface area contributed by atoms with Crippen LogP contribution >= 0.6 is 11.3 Å². The SMILES string of the molecule is CC(C)S(=O)c1ccc2nccc(Nc3ccc4scnc4c3)c2c1. The quantitative estimate of drug-likeness (QED) is 0.545. The number of rotatable bonds is 4. The summed E-state index contributed by atoms with van der Waals surface area (Å²) < 4.78 is 13.6. The third-order valence-corrected chi connectivity index (χ3v) is 6.37. The lowest BCUT2D eigenvalue weighted by Gasteiger charge is -2.11. The third kappa shape index (κ3) is 3.15. The van der Waals surface area contributed by atoms with Gasteiger partial charge in [0, 0.05) is 33.1 Å². The molecule has 0 saturated carbocycles. The summed E-state index contributed by atoms with van der Waals surface area (Å²) in [6.45, 7) is 3.93. The molecule has 2 aromatic carbocycles. The Bertz CT molecular complexity index is 1090. The molecule has 0 aliphatic carbocycles. The lowest BCUT2D eigenvalue weighted by Crippen LogP contribution is -2.05. The molecule has 0 radical (unpaired) electrons. The summed E-state index contributed by atoms with van der Waals surface area (Å²) in [5.74, 6) is 0. The Balaban J connectivity index is 1.77. The number of fused-ring (bicyclic) bond motifs is 2. The van der Waals surface area contributed by atoms with Gasteiger partial charge in [-0.25, -0.2) is 4.98 Å². The predicted molar refractivity (Wildman–Crippen MR) is 106 cm³/mol. The molecule has 4 nitrogen and oxygen atoms in total. The van der Waals surface area contributed by atoms with Crippen LogP contribution in [0.1, 0.15) is 13.8 Å². The molecule has 2 aromatic heterocycles. The first-order valence-corrected chi connectivity index (χ1v) is 10.1. The molecule has 0 bridgehead atoms. The van der Waals surface area contributed by atoms with E-state index in [0.717, 1.165) is 32.7 Å². The molecule has 2 heterocycles. The largest absolute Gasteiger partial charge is 0.355 e. The lowest BCUT2D eigenvalue weighted by molar-refractivity contribution is 0.677. The van der Waals surface area contributed by atoms with Crippen molar-refractivity contribution in [3.8, 4) is 0 Å². The molecule has 126 valence electrons. The third-order valence-electron chi connectivity index (χ3n) is 3.98. The van der Waals surface area contributed by atoms with Crippen LogP contribution < -0.4 is 5.32 Å². The van der Waals surface area contributed by atoms with Gasteiger partial charge in [-0.05, 0) is 42.5 Å². The Hall–Kier alpha value is -2.31. The van der Waals surface area contributed by atoms with E-state index in [9.17, 15) is 4.21 Å². The van der Waals surface area contributed by atoms with Crippen LogP contribution in [-0.2, 0) is 10.8 Å². The average Bonchev–Trinajstić information content (AvgIpc) is 3.08. The highest BCUT2D eigenvalue weighted by Crippen LogP contribution is 2.29. The van der Waals surface area contributed by atoms with E-state index in [0.29, 0.717) is 0 Å². The van der Waals surface area contributed by atoms with Gasteiger partial charge in [0.2, 0.25) is 0 Å². The molecule has 1 N–H and O–H groups in total. The van der Waals surface area contributed by atoms with Gasteiger partial charge in [0.25, 0.3) is 0 Å². The van der Waals surface area contributed by atoms with Crippen molar-refractivity contribution in [1.82, 2.24) is 9.97 Å². The van der Waals surface area contributed by atoms with Crippen molar-refractivity contribution >= 4 is 54.6 Å². The second kappa shape index (κ2) is 6.54. The van der Waals surface area contributed by atoms with Gasteiger partial charge in [-0.3, -0.25) is 9.19 Å². The minimum absolute atomic E-state index is 0.0811. The van der Waals surface area contributed by atoms with Crippen molar-refractivity contribution in [2.45, 2.75) is 24.0 Å². The van der Waals surface area contributed by atoms with Crippen molar-refractivity contribution in [2.24, 2.45) is 0 Å². The fourth-order valence-corrected chi connectivity index (χ4v) is 4.36. The zero-order chi connectivity index (χ0) is 17.4. The standard InChI is InChI=1S/C19H17N3OS2/c1-12(2)25(23)14-4-5-16-15(10-14)17(7-8-20-16)22-13-3-6-19-18(9-13)21-11-24-19/h3-12H,1-2H3,(H,20,22). The van der Waals surface area contributed by atoms with Gasteiger partial charge >= 0.3 is 0 Å². The van der Waals surface area contributed by atoms with E-state index in [1.807, 2.05) is 55.8 Å². The molecule has 0 fully saturated rings. The van der Waals surface area contributed by atoms with Gasteiger partial charge in [0.1, 0.15) is 0 Å². The summed E-state index contributed by atoms with van der Waals surface area (Å²) in [7, 11) is -1.02. The van der Waals surface area contributed by atoms with Gasteiger partial charge in [0.05, 0.1) is 32.0 Å². The van der Waals surface area contributed by atoms with Gasteiger partial charge in [-0.2, -0.15) is 0 Å². The summed E-state index contributed by atoms with van der Waals surface area (Å²) in [5.41, 5.74) is 5.63. The molecule has 0 aliphatic heterocycles. The van der Waals surface area contributed by atoms with E-state index < -0.39 is 10.8 Å². The molecule has 0 spiro atoms. The van der Waals surface area contributed by atoms with Crippen LogP contribution in [0, 0.1) is 0 Å². The minimum atomic E-state index is -1.02. The minimum Gasteiger partial charge on any atom is -0.355 e. The number of anilines is 2. The summed E-state index contributed by atoms with van der Waals surface area (Å²) >= 11 is 1.63. The van der Waals surface area contributed by atoms with Crippen LogP contribution in [0.25, 0.3) is 21.1 Å². The van der Waals surface area contributed by atoms with E-state index >= 15 is 0 Å². The van der Waals surface area contributed by atoms with Crippen LogP contribution in [0.2, 0.25) is 0 Å². The first-order valence-electron chi connectivity index (χ1n) is 8.01. The number of benzene rings is 2. The number of nitrogens with one attached hydrogen (secondary N) is 1. The number of pyridine rings is 1. The Kier molecular flexibility index (Phi) is 4.23. The first-order chi connectivity index (χ1) is 12.1. The van der Waals surface area contributed by atoms with Crippen LogP contribution in [0.4, 0.5) is 11.4 Å². The second-order valence-corrected chi connectivity index (χ2v) is 8.94. The maximum absolute atomic E-state index is 12.4. The summed E-state index contributed by atoms with van der Waals surface area (Å²) in [5, 5.41) is 4.50. The van der Waals surface area contributed by atoms with Crippen molar-refractivity contribution in [3.05, 3.63) is 54.2 Å². The smallest absolute Gasteiger partial charge is 0.0832 e. The fourth-order valence-electron chi connectivity index (χ4n) is 2.72. The van der Waals surface area contributed by atoms with Crippen LogP contribution in [-0.4, -0.2) is 19.4 Å². The highest BCUT2D eigenvalue weighted by molar-refractivity contribution is 7.85. The van der Waals surface area contributed by atoms with E-state index in [2.05, 4.69) is 21.4 Å². The van der Waals surface area contributed by atoms with Crippen molar-refractivity contribution < 1.29 is 4.21 Å². The predicted octanol–water partition coefficient (Wildman–Crippen LogP) is 5.10. The monoisotopic (exact) mass is 367 g/mol. The first kappa shape index (κ1) is 16.2. The van der Waals surface area contributed by atoms with E-state index in [4.69, 9.17) is 0 Å². The van der Waals surface area contributed by atoms with E-state index in [-0.39, 0.29) is 5.25 Å². The number of hydrogen-bond donors (Lipinski definition) is 1. The van der Waals surface area contributed by atoms with E-state index in [1.165, 1.54) is 4.70 Å². The number of hydrogen-bond acceptors (Lipinski definition) is 5. The molecule has 0 aliphatic rings. The van der Waals surface area contributed by atoms with Crippen LogP contribution in [0.3, 0.4) is 0 Å². The maximum Gasteiger partial charge on any atom is 0.0832 e. The second-order valence-electron chi connectivity index (χ2n) is 6.04. The zero-order valence-corrected chi connectivity index (χ0v) is 15.5. The Morgan fingerprint density at radius 3 is 2.76 bits per heavy atom. The number of thiazole rings is 1. The molecule has 6 heteroatoms. The Labute approximate surface area is 152 Å². The normalized spacial score (nSPS) is 12.8. The molecule has 4 rings (SSSR count). The average molecular weight is 367 g/mol. The van der Waals surface area contributed by atoms with Gasteiger partial charge in [-0.1, -0.05) is 13.8 Å². The lowest BCUT2D eigenvalue weighted by atomic mass is 10.2. The molecule has 0 amide bonds. The van der Waals surface area contributed by atoms with Crippen molar-refractivity contribution in [1.29, 1.82) is 0 Å². The Morgan fingerprint density at radius 2 is 1.92 bits per heavy atom. The maximum atomic E-state index is 12.4. The zero-order valence-electron chi connectivity index (χ0n) is 13.9. The molecular formula is C19H17N3OS2. The van der Waals surface area contributed by atoms with Crippen molar-refractivity contribution in [2.75, 3.05) is 5.32 Å². The highest BCUT2D eigenvalue weighted by Gasteiger charge is 2.11. The summed E-state index contributed by atoms with van der Waals surface area (Å²) in [4.78, 5) is 9.61. The molecule has 0 saturated heterocycles. The summed E-state index contributed by atoms with van der Waals surface area (Å²) in [6, 6.07) is 13.9. The highest BCUT2D eigenvalue weighted by atomic mass is 32.2. The van der Waals surface area contributed by atoms with E-state index in [1.54, 1.807) is 17.5 Å². The molecule has 1 atom stereocenters. The summed E-state index contributed by atoms with van der Waals surface area (Å²) in [6.07, 6.45) is 1.78. The van der Waals surface area contributed by atoms with Crippen LogP contribution in [0.15, 0.2) is 59.1 Å². The Morgan fingerprint density at radius 1 is 1.04 bits per heavy atom. The molecular weight excluding hydrogens is 350 g/mol. The number of aromatic nitrogens is 2. The molecule has 25 heavy (non-hydrogen) atoms. The van der Waals surface area contributed by atoms with Gasteiger partial charge in [0.15, 0.2) is 0 Å². The fraction of sp³-hybridized carbons (Fsp3) is 0.158.